The molecule has 0 heterocycles. The number of hydrogen-bond acceptors (Lipinski definition) is 1. The fraction of sp³-hybridized carbons (Fsp3) is 0.368. The molecule has 110 valence electrons. The Morgan fingerprint density at radius 1 is 1.05 bits per heavy atom. The summed E-state index contributed by atoms with van der Waals surface area (Å²) in [6.07, 6.45) is 3.59. The minimum absolute atomic E-state index is 0.162. The van der Waals surface area contributed by atoms with Gasteiger partial charge in [-0.2, -0.15) is 0 Å². The highest BCUT2D eigenvalue weighted by Gasteiger charge is 2.31. The molecule has 0 aromatic heterocycles. The average Bonchev–Trinajstić information content (AvgIpc) is 3.34. The highest BCUT2D eigenvalue weighted by Crippen LogP contribution is 2.41. The van der Waals surface area contributed by atoms with Crippen LogP contribution < -0.4 is 5.32 Å². The molecule has 0 amide bonds. The lowest BCUT2D eigenvalue weighted by Crippen LogP contribution is -2.23. The fourth-order valence-corrected chi connectivity index (χ4v) is 2.95. The topological polar surface area (TPSA) is 12.0 Å². The predicted octanol–water partition coefficient (Wildman–Crippen LogP) is 4.63. The number of halogens is 1. The Morgan fingerprint density at radius 2 is 1.71 bits per heavy atom. The molecule has 3 rings (SSSR count). The second-order valence-electron chi connectivity index (χ2n) is 5.87. The van der Waals surface area contributed by atoms with Crippen molar-refractivity contribution in [1.82, 2.24) is 5.32 Å². The first-order chi connectivity index (χ1) is 10.3. The zero-order valence-electron chi connectivity index (χ0n) is 12.5. The summed E-state index contributed by atoms with van der Waals surface area (Å²) < 4.78 is 13.1. The Labute approximate surface area is 126 Å². The molecule has 2 aromatic carbocycles. The third-order valence-corrected chi connectivity index (χ3v) is 4.33. The third-order valence-electron chi connectivity index (χ3n) is 4.33. The van der Waals surface area contributed by atoms with Crippen LogP contribution in [0.25, 0.3) is 0 Å². The molecule has 2 aromatic rings. The summed E-state index contributed by atoms with van der Waals surface area (Å²) in [7, 11) is 0. The van der Waals surface area contributed by atoms with Gasteiger partial charge in [0.25, 0.3) is 0 Å². The summed E-state index contributed by atoms with van der Waals surface area (Å²) in [5.74, 6) is 0.536. The van der Waals surface area contributed by atoms with E-state index in [-0.39, 0.29) is 5.82 Å². The van der Waals surface area contributed by atoms with Gasteiger partial charge in [0.05, 0.1) is 0 Å². The van der Waals surface area contributed by atoms with E-state index in [4.69, 9.17) is 0 Å². The molecule has 1 aliphatic rings. The summed E-state index contributed by atoms with van der Waals surface area (Å²) in [6, 6.07) is 15.9. The normalized spacial score (nSPS) is 15.9. The van der Waals surface area contributed by atoms with Gasteiger partial charge in [0.1, 0.15) is 5.82 Å². The third kappa shape index (κ3) is 3.51. The molecule has 1 N–H and O–H groups in total. The quantitative estimate of drug-likeness (QED) is 0.815. The van der Waals surface area contributed by atoms with Gasteiger partial charge in [0, 0.05) is 12.6 Å². The molecule has 1 fully saturated rings. The minimum Gasteiger partial charge on any atom is -0.306 e. The van der Waals surface area contributed by atoms with Crippen molar-refractivity contribution in [3.05, 3.63) is 71.0 Å². The highest BCUT2D eigenvalue weighted by molar-refractivity contribution is 5.28. The van der Waals surface area contributed by atoms with Gasteiger partial charge in [-0.3, -0.25) is 0 Å². The second kappa shape index (κ2) is 6.40. The zero-order valence-corrected chi connectivity index (χ0v) is 12.5. The molecule has 1 saturated carbocycles. The minimum atomic E-state index is -0.162. The van der Waals surface area contributed by atoms with Gasteiger partial charge < -0.3 is 5.32 Å². The van der Waals surface area contributed by atoms with E-state index in [9.17, 15) is 4.39 Å². The summed E-state index contributed by atoms with van der Waals surface area (Å²) in [4.78, 5) is 0. The number of aryl methyl sites for hydroxylation is 1. The lowest BCUT2D eigenvalue weighted by atomic mass is 10.0. The molecule has 0 aliphatic heterocycles. The Morgan fingerprint density at radius 3 is 2.33 bits per heavy atom. The van der Waals surface area contributed by atoms with E-state index in [0.29, 0.717) is 12.0 Å². The van der Waals surface area contributed by atoms with Gasteiger partial charge in [-0.25, -0.2) is 4.39 Å². The van der Waals surface area contributed by atoms with Crippen LogP contribution in [0.5, 0.6) is 0 Å². The Kier molecular flexibility index (Phi) is 4.35. The van der Waals surface area contributed by atoms with Crippen molar-refractivity contribution >= 4 is 0 Å². The van der Waals surface area contributed by atoms with Crippen molar-refractivity contribution in [3.8, 4) is 0 Å². The Balaban J connectivity index is 1.72. The summed E-state index contributed by atoms with van der Waals surface area (Å²) in [6.45, 7) is 3.07. The van der Waals surface area contributed by atoms with Crippen molar-refractivity contribution in [2.24, 2.45) is 5.92 Å². The summed E-state index contributed by atoms with van der Waals surface area (Å²) >= 11 is 0. The van der Waals surface area contributed by atoms with E-state index in [1.54, 1.807) is 12.1 Å². The summed E-state index contributed by atoms with van der Waals surface area (Å²) in [5.41, 5.74) is 3.97. The monoisotopic (exact) mass is 283 g/mol. The van der Waals surface area contributed by atoms with E-state index in [1.807, 2.05) is 12.1 Å². The molecule has 1 aliphatic carbocycles. The molecular formula is C19H22FN. The largest absolute Gasteiger partial charge is 0.306 e. The highest BCUT2D eigenvalue weighted by atomic mass is 19.1. The lowest BCUT2D eigenvalue weighted by molar-refractivity contribution is 0.478. The molecular weight excluding hydrogens is 261 g/mol. The maximum Gasteiger partial charge on any atom is 0.123 e. The van der Waals surface area contributed by atoms with Crippen LogP contribution in [-0.2, 0) is 13.0 Å². The van der Waals surface area contributed by atoms with E-state index < -0.39 is 0 Å². The molecule has 1 atom stereocenters. The Hall–Kier alpha value is -1.67. The van der Waals surface area contributed by atoms with E-state index in [2.05, 4.69) is 36.5 Å². The van der Waals surface area contributed by atoms with Crippen LogP contribution in [0.15, 0.2) is 48.5 Å². The standard InChI is InChI=1S/C19H22FN/c1-2-14-5-3-4-6-17(14)13-21-19(15-7-8-15)16-9-11-18(20)12-10-16/h3-6,9-12,15,19,21H,2,7-8,13H2,1H3. The van der Waals surface area contributed by atoms with Crippen molar-refractivity contribution in [2.45, 2.75) is 38.8 Å². The van der Waals surface area contributed by atoms with Crippen molar-refractivity contribution in [3.63, 3.8) is 0 Å². The van der Waals surface area contributed by atoms with Crippen molar-refractivity contribution in [1.29, 1.82) is 0 Å². The SMILES string of the molecule is CCc1ccccc1CNC(c1ccc(F)cc1)C1CC1. The van der Waals surface area contributed by atoms with Crippen molar-refractivity contribution in [2.75, 3.05) is 0 Å². The number of nitrogens with one attached hydrogen (secondary N) is 1. The molecule has 21 heavy (non-hydrogen) atoms. The predicted molar refractivity (Wildman–Crippen MR) is 84.5 cm³/mol. The van der Waals surface area contributed by atoms with Crippen LogP contribution >= 0.6 is 0 Å². The van der Waals surface area contributed by atoms with Crippen LogP contribution in [-0.4, -0.2) is 0 Å². The maximum atomic E-state index is 13.1. The molecule has 0 saturated heterocycles. The first kappa shape index (κ1) is 14.3. The van der Waals surface area contributed by atoms with E-state index in [1.165, 1.54) is 29.5 Å². The molecule has 2 heteroatoms. The van der Waals surface area contributed by atoms with Gasteiger partial charge in [0.15, 0.2) is 0 Å². The average molecular weight is 283 g/mol. The van der Waals surface area contributed by atoms with Crippen LogP contribution in [0.1, 0.15) is 42.5 Å². The second-order valence-corrected chi connectivity index (χ2v) is 5.87. The first-order valence-corrected chi connectivity index (χ1v) is 7.83. The molecule has 0 spiro atoms. The molecule has 0 bridgehead atoms. The molecule has 1 nitrogen and oxygen atoms in total. The van der Waals surface area contributed by atoms with E-state index in [0.717, 1.165) is 13.0 Å². The van der Waals surface area contributed by atoms with Gasteiger partial charge in [-0.05, 0) is 54.0 Å². The smallest absolute Gasteiger partial charge is 0.123 e. The number of rotatable bonds is 6. The molecule has 1 unspecified atom stereocenters. The summed E-state index contributed by atoms with van der Waals surface area (Å²) in [5, 5.41) is 3.69. The first-order valence-electron chi connectivity index (χ1n) is 7.83. The van der Waals surface area contributed by atoms with Crippen LogP contribution in [0, 0.1) is 11.7 Å². The van der Waals surface area contributed by atoms with Crippen LogP contribution in [0.4, 0.5) is 4.39 Å². The van der Waals surface area contributed by atoms with Crippen LogP contribution in [0.3, 0.4) is 0 Å². The zero-order chi connectivity index (χ0) is 14.7. The van der Waals surface area contributed by atoms with Gasteiger partial charge in [-0.15, -0.1) is 0 Å². The maximum absolute atomic E-state index is 13.1. The number of hydrogen-bond donors (Lipinski definition) is 1. The van der Waals surface area contributed by atoms with Gasteiger partial charge in [-0.1, -0.05) is 43.3 Å². The lowest BCUT2D eigenvalue weighted by Gasteiger charge is -2.20. The van der Waals surface area contributed by atoms with Gasteiger partial charge >= 0.3 is 0 Å². The van der Waals surface area contributed by atoms with E-state index >= 15 is 0 Å². The Bertz CT molecular complexity index is 587. The van der Waals surface area contributed by atoms with Crippen LogP contribution in [0.2, 0.25) is 0 Å². The van der Waals surface area contributed by atoms with Crippen molar-refractivity contribution < 1.29 is 4.39 Å². The molecule has 0 radical (unpaired) electrons. The van der Waals surface area contributed by atoms with Gasteiger partial charge in [0.2, 0.25) is 0 Å². The fourth-order valence-electron chi connectivity index (χ4n) is 2.95. The number of benzene rings is 2.